The highest BCUT2D eigenvalue weighted by Crippen LogP contribution is 2.29. The molecular formula is C18H28N2O4. The standard InChI is InChI=1S/C18H28N2O4/c1-6-10-20(11-7-2)18(22)17(21)19-13(3)14-8-9-15(23-4)16(12-14)24-5/h8-9,12-13H,6-7,10-11H2,1-5H3,(H,19,21). The summed E-state index contributed by atoms with van der Waals surface area (Å²) in [6.45, 7) is 6.98. The topological polar surface area (TPSA) is 67.9 Å². The number of methoxy groups -OCH3 is 2. The van der Waals surface area contributed by atoms with Gasteiger partial charge in [0.15, 0.2) is 11.5 Å². The fourth-order valence-corrected chi connectivity index (χ4v) is 2.46. The lowest BCUT2D eigenvalue weighted by atomic mass is 10.1. The molecule has 0 aliphatic heterocycles. The maximum Gasteiger partial charge on any atom is 0.311 e. The Balaban J connectivity index is 2.80. The number of benzene rings is 1. The van der Waals surface area contributed by atoms with Crippen LogP contribution in [0.15, 0.2) is 18.2 Å². The number of rotatable bonds is 8. The minimum atomic E-state index is -0.584. The highest BCUT2D eigenvalue weighted by Gasteiger charge is 2.22. The quantitative estimate of drug-likeness (QED) is 0.741. The lowest BCUT2D eigenvalue weighted by Crippen LogP contribution is -2.44. The van der Waals surface area contributed by atoms with Crippen LogP contribution in [0.1, 0.15) is 45.2 Å². The molecule has 0 saturated heterocycles. The molecule has 1 unspecified atom stereocenters. The normalized spacial score (nSPS) is 11.5. The SMILES string of the molecule is CCCN(CCC)C(=O)C(=O)NC(C)c1ccc(OC)c(OC)c1. The van der Waals surface area contributed by atoms with Gasteiger partial charge in [-0.25, -0.2) is 0 Å². The number of amides is 2. The number of carbonyl (C=O) groups is 2. The molecule has 0 aliphatic rings. The van der Waals surface area contributed by atoms with Gasteiger partial charge in [-0.2, -0.15) is 0 Å². The van der Waals surface area contributed by atoms with Gasteiger partial charge < -0.3 is 19.7 Å². The summed E-state index contributed by atoms with van der Waals surface area (Å²) in [5, 5.41) is 2.76. The van der Waals surface area contributed by atoms with Gasteiger partial charge in [-0.05, 0) is 37.5 Å². The molecule has 0 bridgehead atoms. The molecule has 6 nitrogen and oxygen atoms in total. The van der Waals surface area contributed by atoms with E-state index in [0.29, 0.717) is 24.6 Å². The summed E-state index contributed by atoms with van der Waals surface area (Å²) in [6, 6.07) is 5.10. The Morgan fingerprint density at radius 3 is 2.17 bits per heavy atom. The molecule has 0 fully saturated rings. The number of hydrogen-bond donors (Lipinski definition) is 1. The minimum Gasteiger partial charge on any atom is -0.493 e. The third kappa shape index (κ3) is 5.15. The fourth-order valence-electron chi connectivity index (χ4n) is 2.46. The van der Waals surface area contributed by atoms with Crippen LogP contribution in [0, 0.1) is 0 Å². The van der Waals surface area contributed by atoms with Crippen molar-refractivity contribution in [2.45, 2.75) is 39.7 Å². The summed E-state index contributed by atoms with van der Waals surface area (Å²) < 4.78 is 10.5. The fraction of sp³-hybridized carbons (Fsp3) is 0.556. The second-order valence-electron chi connectivity index (χ2n) is 5.60. The molecule has 1 rings (SSSR count). The van der Waals surface area contributed by atoms with E-state index in [-0.39, 0.29) is 6.04 Å². The average Bonchev–Trinajstić information content (AvgIpc) is 2.60. The maximum absolute atomic E-state index is 12.3. The first-order chi connectivity index (χ1) is 11.5. The van der Waals surface area contributed by atoms with E-state index in [1.54, 1.807) is 31.3 Å². The van der Waals surface area contributed by atoms with Crippen molar-refractivity contribution >= 4 is 11.8 Å². The molecule has 2 amide bonds. The lowest BCUT2D eigenvalue weighted by molar-refractivity contribution is -0.146. The van der Waals surface area contributed by atoms with Crippen LogP contribution >= 0.6 is 0 Å². The van der Waals surface area contributed by atoms with Gasteiger partial charge in [0.1, 0.15) is 0 Å². The molecule has 0 heterocycles. The van der Waals surface area contributed by atoms with Crippen LogP contribution in [-0.2, 0) is 9.59 Å². The summed E-state index contributed by atoms with van der Waals surface area (Å²) in [5.74, 6) is 0.138. The summed E-state index contributed by atoms with van der Waals surface area (Å²) in [5.41, 5.74) is 0.839. The second kappa shape index (κ2) is 9.80. The van der Waals surface area contributed by atoms with Crippen molar-refractivity contribution in [2.24, 2.45) is 0 Å². The minimum absolute atomic E-state index is 0.314. The smallest absolute Gasteiger partial charge is 0.311 e. The van der Waals surface area contributed by atoms with Crippen LogP contribution in [0.4, 0.5) is 0 Å². The molecule has 1 aromatic rings. The zero-order valence-electron chi connectivity index (χ0n) is 15.2. The first-order valence-electron chi connectivity index (χ1n) is 8.30. The van der Waals surface area contributed by atoms with Crippen molar-refractivity contribution < 1.29 is 19.1 Å². The van der Waals surface area contributed by atoms with E-state index < -0.39 is 11.8 Å². The molecule has 1 aromatic carbocycles. The Hall–Kier alpha value is -2.24. The van der Waals surface area contributed by atoms with Crippen LogP contribution in [0.25, 0.3) is 0 Å². The van der Waals surface area contributed by atoms with Crippen molar-refractivity contribution in [1.29, 1.82) is 0 Å². The van der Waals surface area contributed by atoms with Crippen LogP contribution < -0.4 is 14.8 Å². The van der Waals surface area contributed by atoms with Crippen molar-refractivity contribution in [3.63, 3.8) is 0 Å². The first-order valence-corrected chi connectivity index (χ1v) is 8.30. The van der Waals surface area contributed by atoms with Gasteiger partial charge in [-0.15, -0.1) is 0 Å². The van der Waals surface area contributed by atoms with Crippen molar-refractivity contribution in [1.82, 2.24) is 10.2 Å². The van der Waals surface area contributed by atoms with E-state index in [0.717, 1.165) is 18.4 Å². The number of nitrogens with zero attached hydrogens (tertiary/aromatic N) is 1. The third-order valence-electron chi connectivity index (χ3n) is 3.72. The highest BCUT2D eigenvalue weighted by molar-refractivity contribution is 6.35. The van der Waals surface area contributed by atoms with Gasteiger partial charge >= 0.3 is 11.8 Å². The summed E-state index contributed by atoms with van der Waals surface area (Å²) in [7, 11) is 3.12. The summed E-state index contributed by atoms with van der Waals surface area (Å²) in [6.07, 6.45) is 1.65. The third-order valence-corrected chi connectivity index (χ3v) is 3.72. The molecule has 1 atom stereocenters. The van der Waals surface area contributed by atoms with Gasteiger partial charge in [-0.1, -0.05) is 19.9 Å². The Labute approximate surface area is 144 Å². The number of nitrogens with one attached hydrogen (secondary N) is 1. The monoisotopic (exact) mass is 336 g/mol. The van der Waals surface area contributed by atoms with E-state index in [9.17, 15) is 9.59 Å². The summed E-state index contributed by atoms with van der Waals surface area (Å²) in [4.78, 5) is 26.1. The molecule has 6 heteroatoms. The van der Waals surface area contributed by atoms with Gasteiger partial charge in [0, 0.05) is 13.1 Å². The van der Waals surface area contributed by atoms with Crippen molar-refractivity contribution in [2.75, 3.05) is 27.3 Å². The van der Waals surface area contributed by atoms with E-state index in [4.69, 9.17) is 9.47 Å². The van der Waals surface area contributed by atoms with Gasteiger partial charge in [0.05, 0.1) is 20.3 Å². The molecule has 0 saturated carbocycles. The van der Waals surface area contributed by atoms with E-state index in [1.165, 1.54) is 0 Å². The average molecular weight is 336 g/mol. The van der Waals surface area contributed by atoms with Crippen molar-refractivity contribution in [3.8, 4) is 11.5 Å². The lowest BCUT2D eigenvalue weighted by Gasteiger charge is -2.22. The Morgan fingerprint density at radius 2 is 1.67 bits per heavy atom. The number of hydrogen-bond acceptors (Lipinski definition) is 4. The van der Waals surface area contributed by atoms with E-state index in [2.05, 4.69) is 5.32 Å². The second-order valence-corrected chi connectivity index (χ2v) is 5.60. The van der Waals surface area contributed by atoms with E-state index in [1.807, 2.05) is 26.8 Å². The first kappa shape index (κ1) is 19.8. The maximum atomic E-state index is 12.3. The Morgan fingerprint density at radius 1 is 1.08 bits per heavy atom. The highest BCUT2D eigenvalue weighted by atomic mass is 16.5. The number of ether oxygens (including phenoxy) is 2. The molecule has 1 N–H and O–H groups in total. The zero-order chi connectivity index (χ0) is 18.1. The molecule has 0 aromatic heterocycles. The molecule has 24 heavy (non-hydrogen) atoms. The van der Waals surface area contributed by atoms with E-state index >= 15 is 0 Å². The predicted octanol–water partition coefficient (Wildman–Crippen LogP) is 2.53. The van der Waals surface area contributed by atoms with Crippen LogP contribution in [0.5, 0.6) is 11.5 Å². The molecule has 0 aliphatic carbocycles. The van der Waals surface area contributed by atoms with Gasteiger partial charge in [0.2, 0.25) is 0 Å². The molecule has 0 radical (unpaired) electrons. The zero-order valence-corrected chi connectivity index (χ0v) is 15.2. The van der Waals surface area contributed by atoms with Crippen LogP contribution in [-0.4, -0.2) is 44.0 Å². The van der Waals surface area contributed by atoms with Gasteiger partial charge in [-0.3, -0.25) is 9.59 Å². The molecular weight excluding hydrogens is 308 g/mol. The van der Waals surface area contributed by atoms with Crippen molar-refractivity contribution in [3.05, 3.63) is 23.8 Å². The van der Waals surface area contributed by atoms with Crippen LogP contribution in [0.2, 0.25) is 0 Å². The van der Waals surface area contributed by atoms with Crippen LogP contribution in [0.3, 0.4) is 0 Å². The van der Waals surface area contributed by atoms with Gasteiger partial charge in [0.25, 0.3) is 0 Å². The summed E-state index contributed by atoms with van der Waals surface area (Å²) >= 11 is 0. The largest absolute Gasteiger partial charge is 0.493 e. The molecule has 0 spiro atoms. The predicted molar refractivity (Wildman–Crippen MR) is 93.3 cm³/mol. The number of carbonyl (C=O) groups excluding carboxylic acids is 2. The Bertz CT molecular complexity index is 554. The molecule has 134 valence electrons. The Kier molecular flexibility index (Phi) is 8.09.